The molecule has 0 saturated carbocycles. The van der Waals surface area contributed by atoms with E-state index in [1.165, 1.54) is 5.56 Å². The van der Waals surface area contributed by atoms with E-state index in [0.717, 1.165) is 5.75 Å². The first kappa shape index (κ1) is 9.07. The molecule has 12 heavy (non-hydrogen) atoms. The first-order chi connectivity index (χ1) is 5.68. The molecule has 1 aromatic carbocycles. The van der Waals surface area contributed by atoms with Crippen molar-refractivity contribution < 1.29 is 9.84 Å². The molecule has 0 aliphatic rings. The van der Waals surface area contributed by atoms with Crippen LogP contribution in [0.5, 0.6) is 5.75 Å². The van der Waals surface area contributed by atoms with Gasteiger partial charge in [0.15, 0.2) is 0 Å². The van der Waals surface area contributed by atoms with Gasteiger partial charge in [-0.05, 0) is 26.0 Å². The average molecular weight is 166 g/mol. The summed E-state index contributed by atoms with van der Waals surface area (Å²) in [6.45, 7) is 4.08. The molecule has 66 valence electrons. The third-order valence-electron chi connectivity index (χ3n) is 1.51. The Hall–Kier alpha value is -1.02. The zero-order valence-electron chi connectivity index (χ0n) is 7.45. The van der Waals surface area contributed by atoms with Crippen LogP contribution in [0.2, 0.25) is 0 Å². The predicted molar refractivity (Wildman–Crippen MR) is 48.4 cm³/mol. The van der Waals surface area contributed by atoms with Crippen LogP contribution in [0.4, 0.5) is 0 Å². The second-order valence-corrected chi connectivity index (χ2v) is 2.97. The molecule has 0 saturated heterocycles. The minimum atomic E-state index is -0.411. The Morgan fingerprint density at radius 1 is 1.33 bits per heavy atom. The van der Waals surface area contributed by atoms with Crippen LogP contribution < -0.4 is 4.74 Å². The third kappa shape index (κ3) is 2.93. The Morgan fingerprint density at radius 2 is 1.92 bits per heavy atom. The zero-order chi connectivity index (χ0) is 8.97. The fourth-order valence-electron chi connectivity index (χ4n) is 0.851. The highest BCUT2D eigenvalue weighted by Crippen LogP contribution is 2.11. The van der Waals surface area contributed by atoms with Gasteiger partial charge in [0.1, 0.15) is 12.4 Å². The Kier molecular flexibility index (Phi) is 3.11. The molecule has 1 atom stereocenters. The second-order valence-electron chi connectivity index (χ2n) is 2.97. The lowest BCUT2D eigenvalue weighted by Gasteiger charge is -2.07. The number of aliphatic hydroxyl groups excluding tert-OH is 1. The van der Waals surface area contributed by atoms with E-state index in [1.807, 2.05) is 31.2 Å². The van der Waals surface area contributed by atoms with Gasteiger partial charge in [0, 0.05) is 0 Å². The third-order valence-corrected chi connectivity index (χ3v) is 1.51. The Bertz CT molecular complexity index is 226. The second kappa shape index (κ2) is 4.12. The smallest absolute Gasteiger partial charge is 0.119 e. The van der Waals surface area contributed by atoms with Crippen molar-refractivity contribution in [3.8, 4) is 5.75 Å². The SMILES string of the molecule is Cc1ccc(OC[C@@H](C)O)cc1. The van der Waals surface area contributed by atoms with Gasteiger partial charge in [0.05, 0.1) is 6.10 Å². The molecule has 2 heteroatoms. The maximum absolute atomic E-state index is 8.94. The van der Waals surface area contributed by atoms with Crippen LogP contribution in [0, 0.1) is 6.92 Å². The average Bonchev–Trinajstić information content (AvgIpc) is 2.03. The van der Waals surface area contributed by atoms with Crippen LogP contribution >= 0.6 is 0 Å². The number of rotatable bonds is 3. The summed E-state index contributed by atoms with van der Waals surface area (Å²) in [6.07, 6.45) is -0.411. The van der Waals surface area contributed by atoms with Gasteiger partial charge in [0.25, 0.3) is 0 Å². The minimum Gasteiger partial charge on any atom is -0.491 e. The predicted octanol–water partition coefficient (Wildman–Crippen LogP) is 1.75. The molecule has 0 heterocycles. The van der Waals surface area contributed by atoms with Crippen molar-refractivity contribution in [2.45, 2.75) is 20.0 Å². The fourth-order valence-corrected chi connectivity index (χ4v) is 0.851. The minimum absolute atomic E-state index is 0.350. The summed E-state index contributed by atoms with van der Waals surface area (Å²) in [6, 6.07) is 7.77. The van der Waals surface area contributed by atoms with Crippen LogP contribution in [0.15, 0.2) is 24.3 Å². The van der Waals surface area contributed by atoms with E-state index >= 15 is 0 Å². The Balaban J connectivity index is 2.48. The number of hydrogen-bond acceptors (Lipinski definition) is 2. The van der Waals surface area contributed by atoms with Crippen LogP contribution in [0.1, 0.15) is 12.5 Å². The van der Waals surface area contributed by atoms with Crippen molar-refractivity contribution in [2.24, 2.45) is 0 Å². The van der Waals surface area contributed by atoms with E-state index in [1.54, 1.807) is 6.92 Å². The molecule has 1 N–H and O–H groups in total. The van der Waals surface area contributed by atoms with E-state index in [4.69, 9.17) is 9.84 Å². The summed E-state index contributed by atoms with van der Waals surface area (Å²) < 4.78 is 5.27. The van der Waals surface area contributed by atoms with Gasteiger partial charge in [-0.15, -0.1) is 0 Å². The number of hydrogen-bond donors (Lipinski definition) is 1. The Labute approximate surface area is 72.8 Å². The van der Waals surface area contributed by atoms with Crippen molar-refractivity contribution in [3.63, 3.8) is 0 Å². The van der Waals surface area contributed by atoms with E-state index in [-0.39, 0.29) is 0 Å². The van der Waals surface area contributed by atoms with Crippen LogP contribution in [0.3, 0.4) is 0 Å². The van der Waals surface area contributed by atoms with Crippen molar-refractivity contribution in [1.29, 1.82) is 0 Å². The summed E-state index contributed by atoms with van der Waals surface area (Å²) >= 11 is 0. The molecule has 0 amide bonds. The lowest BCUT2D eigenvalue weighted by Crippen LogP contribution is -2.12. The standard InChI is InChI=1S/C10H14O2/c1-8-3-5-10(6-4-8)12-7-9(2)11/h3-6,9,11H,7H2,1-2H3/t9-/m1/s1. The maximum atomic E-state index is 8.94. The van der Waals surface area contributed by atoms with E-state index in [2.05, 4.69) is 0 Å². The van der Waals surface area contributed by atoms with Crippen molar-refractivity contribution in [1.82, 2.24) is 0 Å². The van der Waals surface area contributed by atoms with Gasteiger partial charge < -0.3 is 9.84 Å². The van der Waals surface area contributed by atoms with Crippen molar-refractivity contribution in [2.75, 3.05) is 6.61 Å². The Morgan fingerprint density at radius 3 is 2.42 bits per heavy atom. The van der Waals surface area contributed by atoms with Crippen LogP contribution in [0.25, 0.3) is 0 Å². The highest BCUT2D eigenvalue weighted by Gasteiger charge is 1.96. The molecule has 2 nitrogen and oxygen atoms in total. The van der Waals surface area contributed by atoms with E-state index in [9.17, 15) is 0 Å². The molecular weight excluding hydrogens is 152 g/mol. The molecule has 0 aliphatic carbocycles. The number of ether oxygens (including phenoxy) is 1. The quantitative estimate of drug-likeness (QED) is 0.741. The first-order valence-electron chi connectivity index (χ1n) is 4.06. The van der Waals surface area contributed by atoms with Gasteiger partial charge in [0.2, 0.25) is 0 Å². The van der Waals surface area contributed by atoms with Gasteiger partial charge in [-0.25, -0.2) is 0 Å². The molecular formula is C10H14O2. The molecule has 0 radical (unpaired) electrons. The van der Waals surface area contributed by atoms with Crippen molar-refractivity contribution >= 4 is 0 Å². The lowest BCUT2D eigenvalue weighted by atomic mass is 10.2. The summed E-state index contributed by atoms with van der Waals surface area (Å²) in [7, 11) is 0. The van der Waals surface area contributed by atoms with Crippen molar-refractivity contribution in [3.05, 3.63) is 29.8 Å². The monoisotopic (exact) mass is 166 g/mol. The summed E-state index contributed by atoms with van der Waals surface area (Å²) in [5.74, 6) is 0.807. The van der Waals surface area contributed by atoms with Crippen LogP contribution in [-0.4, -0.2) is 17.8 Å². The number of aryl methyl sites for hydroxylation is 1. The number of aliphatic hydroxyl groups is 1. The maximum Gasteiger partial charge on any atom is 0.119 e. The molecule has 0 spiro atoms. The van der Waals surface area contributed by atoms with Gasteiger partial charge in [-0.1, -0.05) is 17.7 Å². The van der Waals surface area contributed by atoms with Gasteiger partial charge >= 0.3 is 0 Å². The van der Waals surface area contributed by atoms with Gasteiger partial charge in [-0.3, -0.25) is 0 Å². The van der Waals surface area contributed by atoms with Crippen LogP contribution in [-0.2, 0) is 0 Å². The topological polar surface area (TPSA) is 29.5 Å². The molecule has 0 fully saturated rings. The van der Waals surface area contributed by atoms with Gasteiger partial charge in [-0.2, -0.15) is 0 Å². The molecule has 0 bridgehead atoms. The summed E-state index contributed by atoms with van der Waals surface area (Å²) in [5, 5.41) is 8.94. The fraction of sp³-hybridized carbons (Fsp3) is 0.400. The summed E-state index contributed by atoms with van der Waals surface area (Å²) in [4.78, 5) is 0. The lowest BCUT2D eigenvalue weighted by molar-refractivity contribution is 0.122. The highest BCUT2D eigenvalue weighted by atomic mass is 16.5. The molecule has 1 aromatic rings. The zero-order valence-corrected chi connectivity index (χ0v) is 7.45. The molecule has 0 aromatic heterocycles. The molecule has 0 aliphatic heterocycles. The normalized spacial score (nSPS) is 12.6. The van der Waals surface area contributed by atoms with E-state index in [0.29, 0.717) is 6.61 Å². The number of benzene rings is 1. The molecule has 0 unspecified atom stereocenters. The first-order valence-corrected chi connectivity index (χ1v) is 4.06. The van der Waals surface area contributed by atoms with E-state index < -0.39 is 6.10 Å². The molecule has 1 rings (SSSR count). The largest absolute Gasteiger partial charge is 0.491 e. The summed E-state index contributed by atoms with van der Waals surface area (Å²) in [5.41, 5.74) is 1.21. The highest BCUT2D eigenvalue weighted by molar-refractivity contribution is 5.26.